The fourth-order valence-electron chi connectivity index (χ4n) is 3.37. The van der Waals surface area contributed by atoms with E-state index in [0.717, 1.165) is 24.8 Å². The van der Waals surface area contributed by atoms with E-state index in [-0.39, 0.29) is 24.4 Å². The SMILES string of the molecule is CC(C)C(NC(=O)OCC(C)(C)C)C(=O)NC1CCc2cnsc2CCCCNC(=O)C1=O. The molecule has 1 aliphatic heterocycles. The molecule has 3 amide bonds. The van der Waals surface area contributed by atoms with Crippen LogP contribution in [0.2, 0.25) is 0 Å². The number of ketones is 1. The molecule has 1 aliphatic rings. The molecular formula is C23H36N4O5S. The second-order valence-corrected chi connectivity index (χ2v) is 10.8. The topological polar surface area (TPSA) is 126 Å². The van der Waals surface area contributed by atoms with Crippen LogP contribution in [0.3, 0.4) is 0 Å². The summed E-state index contributed by atoms with van der Waals surface area (Å²) in [7, 11) is 0. The number of hydrogen-bond donors (Lipinski definition) is 3. The number of carbonyl (C=O) groups excluding carboxylic acids is 4. The highest BCUT2D eigenvalue weighted by Crippen LogP contribution is 2.20. The van der Waals surface area contributed by atoms with E-state index in [0.29, 0.717) is 13.0 Å². The molecule has 2 unspecified atom stereocenters. The molecule has 0 spiro atoms. The standard InChI is InChI=1S/C23H36N4O5S/c1-14(2)18(27-22(31)32-13-23(3,4)5)20(29)26-16-10-9-15-12-25-33-17(15)8-6-7-11-24-21(30)19(16)28/h12,14,16,18H,6-11,13H2,1-5H3,(H,24,30)(H,26,29)(H,27,31). The molecule has 10 heteroatoms. The van der Waals surface area contributed by atoms with Crippen molar-refractivity contribution in [2.24, 2.45) is 11.3 Å². The minimum Gasteiger partial charge on any atom is -0.449 e. The van der Waals surface area contributed by atoms with Gasteiger partial charge in [-0.05, 0) is 60.5 Å². The van der Waals surface area contributed by atoms with Gasteiger partial charge in [-0.2, -0.15) is 0 Å². The highest BCUT2D eigenvalue weighted by molar-refractivity contribution is 7.05. The van der Waals surface area contributed by atoms with Crippen LogP contribution in [-0.4, -0.2) is 53.3 Å². The van der Waals surface area contributed by atoms with Gasteiger partial charge in [0.1, 0.15) is 6.04 Å². The quantitative estimate of drug-likeness (QED) is 0.556. The van der Waals surface area contributed by atoms with Crippen LogP contribution in [0.25, 0.3) is 0 Å². The minimum absolute atomic E-state index is 0.198. The zero-order chi connectivity index (χ0) is 24.6. The lowest BCUT2D eigenvalue weighted by Crippen LogP contribution is -2.55. The van der Waals surface area contributed by atoms with Crippen LogP contribution in [0.1, 0.15) is 64.3 Å². The van der Waals surface area contributed by atoms with Crippen molar-refractivity contribution >= 4 is 35.2 Å². The van der Waals surface area contributed by atoms with Crippen LogP contribution in [0.4, 0.5) is 4.79 Å². The molecule has 184 valence electrons. The molecule has 0 saturated heterocycles. The largest absolute Gasteiger partial charge is 0.449 e. The van der Waals surface area contributed by atoms with E-state index in [2.05, 4.69) is 20.3 Å². The first-order chi connectivity index (χ1) is 15.5. The molecule has 0 radical (unpaired) electrons. The van der Waals surface area contributed by atoms with E-state index >= 15 is 0 Å². The maximum absolute atomic E-state index is 13.0. The molecule has 0 bridgehead atoms. The zero-order valence-corrected chi connectivity index (χ0v) is 21.0. The van der Waals surface area contributed by atoms with Crippen molar-refractivity contribution in [1.29, 1.82) is 0 Å². The van der Waals surface area contributed by atoms with E-state index in [9.17, 15) is 19.2 Å². The second-order valence-electron chi connectivity index (χ2n) is 9.95. The van der Waals surface area contributed by atoms with E-state index in [1.165, 1.54) is 16.4 Å². The molecule has 2 atom stereocenters. The van der Waals surface area contributed by atoms with E-state index in [1.54, 1.807) is 20.0 Å². The lowest BCUT2D eigenvalue weighted by atomic mass is 9.98. The van der Waals surface area contributed by atoms with Gasteiger partial charge < -0.3 is 20.7 Å². The fraction of sp³-hybridized carbons (Fsp3) is 0.696. The lowest BCUT2D eigenvalue weighted by Gasteiger charge is -2.25. The predicted molar refractivity (Wildman–Crippen MR) is 126 cm³/mol. The third-order valence-electron chi connectivity index (χ3n) is 5.26. The minimum atomic E-state index is -1.00. The van der Waals surface area contributed by atoms with Gasteiger partial charge in [-0.25, -0.2) is 9.17 Å². The average Bonchev–Trinajstić information content (AvgIpc) is 3.18. The third-order valence-corrected chi connectivity index (χ3v) is 6.16. The summed E-state index contributed by atoms with van der Waals surface area (Å²) in [4.78, 5) is 51.6. The normalized spacial score (nSPS) is 18.9. The Balaban J connectivity index is 2.11. The number of rotatable bonds is 5. The number of carbonyl (C=O) groups is 4. The first-order valence-corrected chi connectivity index (χ1v) is 12.2. The number of amides is 3. The van der Waals surface area contributed by atoms with Gasteiger partial charge in [0.25, 0.3) is 5.91 Å². The number of alkyl carbamates (subject to hydrolysis) is 1. The highest BCUT2D eigenvalue weighted by Gasteiger charge is 2.32. The Bertz CT molecular complexity index is 846. The van der Waals surface area contributed by atoms with Gasteiger partial charge in [-0.1, -0.05) is 34.6 Å². The smallest absolute Gasteiger partial charge is 0.407 e. The molecule has 1 aromatic heterocycles. The van der Waals surface area contributed by atoms with Crippen LogP contribution >= 0.6 is 11.5 Å². The lowest BCUT2D eigenvalue weighted by molar-refractivity contribution is -0.140. The molecule has 3 N–H and O–H groups in total. The Morgan fingerprint density at radius 1 is 1.24 bits per heavy atom. The zero-order valence-electron chi connectivity index (χ0n) is 20.2. The fourth-order valence-corrected chi connectivity index (χ4v) is 4.18. The molecule has 1 aromatic rings. The Morgan fingerprint density at radius 3 is 2.64 bits per heavy atom. The van der Waals surface area contributed by atoms with Gasteiger partial charge in [0.2, 0.25) is 11.7 Å². The molecule has 0 fully saturated rings. The Labute approximate surface area is 199 Å². The van der Waals surface area contributed by atoms with Crippen molar-refractivity contribution < 1.29 is 23.9 Å². The maximum atomic E-state index is 13.0. The van der Waals surface area contributed by atoms with Gasteiger partial charge >= 0.3 is 6.09 Å². The molecule has 0 saturated carbocycles. The molecule has 9 nitrogen and oxygen atoms in total. The third kappa shape index (κ3) is 8.75. The van der Waals surface area contributed by atoms with Crippen LogP contribution < -0.4 is 16.0 Å². The van der Waals surface area contributed by atoms with E-state index < -0.39 is 35.8 Å². The average molecular weight is 481 g/mol. The summed E-state index contributed by atoms with van der Waals surface area (Å²) in [5, 5.41) is 7.93. The molecular weight excluding hydrogens is 444 g/mol. The summed E-state index contributed by atoms with van der Waals surface area (Å²) in [5.41, 5.74) is 0.827. The van der Waals surface area contributed by atoms with Crippen LogP contribution in [-0.2, 0) is 32.0 Å². The summed E-state index contributed by atoms with van der Waals surface area (Å²) >= 11 is 1.44. The summed E-state index contributed by atoms with van der Waals surface area (Å²) < 4.78 is 9.48. The second kappa shape index (κ2) is 12.1. The number of fused-ring (bicyclic) bond motifs is 1. The predicted octanol–water partition coefficient (Wildman–Crippen LogP) is 2.38. The number of aryl methyl sites for hydroxylation is 2. The number of Topliss-reactive ketones (excluding diaryl/α,β-unsaturated/α-hetero) is 1. The van der Waals surface area contributed by atoms with E-state index in [1.807, 2.05) is 20.8 Å². The number of nitrogens with zero attached hydrogens (tertiary/aromatic N) is 1. The van der Waals surface area contributed by atoms with Crippen molar-refractivity contribution in [3.05, 3.63) is 16.6 Å². The molecule has 33 heavy (non-hydrogen) atoms. The monoisotopic (exact) mass is 480 g/mol. The summed E-state index contributed by atoms with van der Waals surface area (Å²) in [6.45, 7) is 9.96. The summed E-state index contributed by atoms with van der Waals surface area (Å²) in [5.74, 6) is -2.18. The molecule has 0 aromatic carbocycles. The van der Waals surface area contributed by atoms with E-state index in [4.69, 9.17) is 4.74 Å². The Kier molecular flexibility index (Phi) is 9.82. The van der Waals surface area contributed by atoms with Crippen molar-refractivity contribution in [1.82, 2.24) is 20.3 Å². The van der Waals surface area contributed by atoms with Crippen LogP contribution in [0, 0.1) is 11.3 Å². The first kappa shape index (κ1) is 26.8. The van der Waals surface area contributed by atoms with Gasteiger partial charge in [0.05, 0.1) is 12.6 Å². The maximum Gasteiger partial charge on any atom is 0.407 e. The summed E-state index contributed by atoms with van der Waals surface area (Å²) in [6.07, 6.45) is 4.40. The van der Waals surface area contributed by atoms with Gasteiger partial charge in [-0.15, -0.1) is 0 Å². The number of aromatic nitrogens is 1. The van der Waals surface area contributed by atoms with Gasteiger partial charge in [0, 0.05) is 17.6 Å². The number of ether oxygens (including phenoxy) is 1. The van der Waals surface area contributed by atoms with Crippen LogP contribution in [0.5, 0.6) is 0 Å². The van der Waals surface area contributed by atoms with Crippen molar-refractivity contribution in [3.8, 4) is 0 Å². The molecule has 2 heterocycles. The highest BCUT2D eigenvalue weighted by atomic mass is 32.1. The van der Waals surface area contributed by atoms with Gasteiger partial charge in [-0.3, -0.25) is 14.4 Å². The van der Waals surface area contributed by atoms with Crippen molar-refractivity contribution in [2.45, 2.75) is 78.8 Å². The van der Waals surface area contributed by atoms with Crippen molar-refractivity contribution in [2.75, 3.05) is 13.2 Å². The Hall–Kier alpha value is -2.49. The Morgan fingerprint density at radius 2 is 1.97 bits per heavy atom. The first-order valence-electron chi connectivity index (χ1n) is 11.5. The number of hydrogen-bond acceptors (Lipinski definition) is 7. The molecule has 2 rings (SSSR count). The van der Waals surface area contributed by atoms with Crippen molar-refractivity contribution in [3.63, 3.8) is 0 Å². The molecule has 0 aliphatic carbocycles. The van der Waals surface area contributed by atoms with Crippen LogP contribution in [0.15, 0.2) is 6.20 Å². The summed E-state index contributed by atoms with van der Waals surface area (Å²) in [6, 6.07) is -1.91. The number of nitrogens with one attached hydrogen (secondary N) is 3. The van der Waals surface area contributed by atoms with Gasteiger partial charge in [0.15, 0.2) is 0 Å².